The molecule has 25 heavy (non-hydrogen) atoms. The molecule has 6 nitrogen and oxygen atoms in total. The number of halogens is 1. The second kappa shape index (κ2) is 10.1. The maximum Gasteiger partial charge on any atom is 0.341 e. The lowest BCUT2D eigenvalue weighted by Crippen LogP contribution is -2.38. The van der Waals surface area contributed by atoms with Gasteiger partial charge in [-0.1, -0.05) is 30.3 Å². The molecule has 2 rings (SSSR count). The van der Waals surface area contributed by atoms with E-state index in [0.29, 0.717) is 29.6 Å². The Morgan fingerprint density at radius 3 is 2.60 bits per heavy atom. The Morgan fingerprint density at radius 1 is 1.32 bits per heavy atom. The van der Waals surface area contributed by atoms with Gasteiger partial charge in [0, 0.05) is 7.05 Å². The Balaban J connectivity index is 0.00000312. The van der Waals surface area contributed by atoms with Crippen LogP contribution in [-0.2, 0) is 11.3 Å². The third-order valence-electron chi connectivity index (χ3n) is 3.68. The molecule has 1 heterocycles. The molecule has 0 spiro atoms. The van der Waals surface area contributed by atoms with Crippen molar-refractivity contribution < 1.29 is 13.9 Å². The van der Waals surface area contributed by atoms with Crippen LogP contribution < -0.4 is 10.6 Å². The predicted octanol–water partition coefficient (Wildman–Crippen LogP) is 3.42. The predicted molar refractivity (Wildman–Crippen MR) is 108 cm³/mol. The third-order valence-corrected chi connectivity index (χ3v) is 3.68. The van der Waals surface area contributed by atoms with Crippen LogP contribution in [0.3, 0.4) is 0 Å². The molecule has 1 unspecified atom stereocenters. The molecule has 7 heteroatoms. The van der Waals surface area contributed by atoms with E-state index in [1.54, 1.807) is 20.0 Å². The van der Waals surface area contributed by atoms with Crippen molar-refractivity contribution in [3.05, 3.63) is 59.0 Å². The number of nitrogens with one attached hydrogen (secondary N) is 2. The molecule has 1 aromatic heterocycles. The third kappa shape index (κ3) is 5.77. The Bertz CT molecular complexity index is 714. The average Bonchev–Trinajstić information content (AvgIpc) is 2.99. The molecule has 136 valence electrons. The number of carbonyl (C=O) groups excluding carboxylic acids is 1. The van der Waals surface area contributed by atoms with Crippen LogP contribution in [0.1, 0.15) is 40.4 Å². The minimum absolute atomic E-state index is 0. The van der Waals surface area contributed by atoms with Crippen LogP contribution in [0.2, 0.25) is 0 Å². The van der Waals surface area contributed by atoms with Crippen LogP contribution in [0.25, 0.3) is 0 Å². The number of aliphatic imine (C=N–C) groups is 1. The Morgan fingerprint density at radius 2 is 2.00 bits per heavy atom. The summed E-state index contributed by atoms with van der Waals surface area (Å²) in [6.45, 7) is 4.22. The van der Waals surface area contributed by atoms with Gasteiger partial charge < -0.3 is 19.8 Å². The zero-order valence-electron chi connectivity index (χ0n) is 14.8. The number of ether oxygens (including phenoxy) is 1. The first kappa shape index (κ1) is 21.0. The van der Waals surface area contributed by atoms with Gasteiger partial charge in [-0.25, -0.2) is 4.79 Å². The summed E-state index contributed by atoms with van der Waals surface area (Å²) >= 11 is 0. The summed E-state index contributed by atoms with van der Waals surface area (Å²) < 4.78 is 10.3. The monoisotopic (exact) mass is 457 g/mol. The van der Waals surface area contributed by atoms with Gasteiger partial charge in [0.1, 0.15) is 17.1 Å². The molecule has 2 aromatic rings. The van der Waals surface area contributed by atoms with Crippen molar-refractivity contribution in [1.82, 2.24) is 10.6 Å². The zero-order chi connectivity index (χ0) is 17.5. The Hall–Kier alpha value is -2.03. The number of guanidine groups is 1. The van der Waals surface area contributed by atoms with Gasteiger partial charge in [0.15, 0.2) is 5.96 Å². The number of esters is 1. The molecule has 0 amide bonds. The standard InChI is InChI=1S/C18H23N3O3.HI/c1-12(14-8-6-5-7-9-14)21-18(19-3)20-11-15-10-16(13(2)24-15)17(22)23-4;/h5-10,12H,11H2,1-4H3,(H2,19,20,21);1H. The lowest BCUT2D eigenvalue weighted by atomic mass is 10.1. The fourth-order valence-corrected chi connectivity index (χ4v) is 2.34. The van der Waals surface area contributed by atoms with E-state index >= 15 is 0 Å². The lowest BCUT2D eigenvalue weighted by Gasteiger charge is -2.17. The zero-order valence-corrected chi connectivity index (χ0v) is 17.2. The van der Waals surface area contributed by atoms with Crippen molar-refractivity contribution >= 4 is 35.9 Å². The summed E-state index contributed by atoms with van der Waals surface area (Å²) in [5.74, 6) is 1.44. The first-order valence-electron chi connectivity index (χ1n) is 7.75. The highest BCUT2D eigenvalue weighted by molar-refractivity contribution is 14.0. The fourth-order valence-electron chi connectivity index (χ4n) is 2.34. The highest BCUT2D eigenvalue weighted by Gasteiger charge is 2.15. The van der Waals surface area contributed by atoms with Crippen LogP contribution >= 0.6 is 24.0 Å². The highest BCUT2D eigenvalue weighted by atomic mass is 127. The summed E-state index contributed by atoms with van der Waals surface area (Å²) in [5, 5.41) is 6.49. The maximum atomic E-state index is 11.6. The lowest BCUT2D eigenvalue weighted by molar-refractivity contribution is 0.0599. The smallest absolute Gasteiger partial charge is 0.341 e. The molecule has 0 aliphatic rings. The number of methoxy groups -OCH3 is 1. The number of nitrogens with zero attached hydrogens (tertiary/aromatic N) is 1. The van der Waals surface area contributed by atoms with Gasteiger partial charge in [0.2, 0.25) is 0 Å². The number of benzene rings is 1. The number of hydrogen-bond acceptors (Lipinski definition) is 4. The molecule has 1 aromatic carbocycles. The van der Waals surface area contributed by atoms with E-state index in [4.69, 9.17) is 9.15 Å². The number of furan rings is 1. The minimum Gasteiger partial charge on any atom is -0.465 e. The maximum absolute atomic E-state index is 11.6. The van der Waals surface area contributed by atoms with Crippen LogP contribution in [0, 0.1) is 6.92 Å². The van der Waals surface area contributed by atoms with E-state index in [9.17, 15) is 4.79 Å². The fraction of sp³-hybridized carbons (Fsp3) is 0.333. The van der Waals surface area contributed by atoms with Crippen molar-refractivity contribution in [3.63, 3.8) is 0 Å². The molecule has 0 bridgehead atoms. The van der Waals surface area contributed by atoms with Crippen molar-refractivity contribution in [2.75, 3.05) is 14.2 Å². The molecule has 0 saturated carbocycles. The summed E-state index contributed by atoms with van der Waals surface area (Å²) in [6, 6.07) is 11.9. The van der Waals surface area contributed by atoms with Crippen LogP contribution in [0.15, 0.2) is 45.8 Å². The van der Waals surface area contributed by atoms with Crippen LogP contribution in [0.4, 0.5) is 0 Å². The van der Waals surface area contributed by atoms with Gasteiger partial charge in [-0.15, -0.1) is 24.0 Å². The van der Waals surface area contributed by atoms with Crippen molar-refractivity contribution in [3.8, 4) is 0 Å². The molecule has 0 aliphatic carbocycles. The number of aryl methyl sites for hydroxylation is 1. The van der Waals surface area contributed by atoms with Gasteiger partial charge in [-0.05, 0) is 25.5 Å². The van der Waals surface area contributed by atoms with Gasteiger partial charge >= 0.3 is 5.97 Å². The van der Waals surface area contributed by atoms with E-state index in [2.05, 4.69) is 34.7 Å². The molecular weight excluding hydrogens is 433 g/mol. The summed E-state index contributed by atoms with van der Waals surface area (Å²) in [5.41, 5.74) is 1.61. The second-order valence-electron chi connectivity index (χ2n) is 5.38. The van der Waals surface area contributed by atoms with Crippen LogP contribution in [0.5, 0.6) is 0 Å². The summed E-state index contributed by atoms with van der Waals surface area (Å²) in [4.78, 5) is 15.8. The molecule has 0 aliphatic heterocycles. The van der Waals surface area contributed by atoms with E-state index < -0.39 is 5.97 Å². The summed E-state index contributed by atoms with van der Waals surface area (Å²) in [6.07, 6.45) is 0. The topological polar surface area (TPSA) is 75.9 Å². The highest BCUT2D eigenvalue weighted by Crippen LogP contribution is 2.15. The SMILES string of the molecule is CN=C(NCc1cc(C(=O)OC)c(C)o1)NC(C)c1ccccc1.I. The molecular formula is C18H24IN3O3. The van der Waals surface area contributed by atoms with E-state index in [0.717, 1.165) is 0 Å². The number of hydrogen-bond donors (Lipinski definition) is 2. The molecule has 0 saturated heterocycles. The first-order valence-corrected chi connectivity index (χ1v) is 7.75. The van der Waals surface area contributed by atoms with Crippen molar-refractivity contribution in [2.45, 2.75) is 26.4 Å². The van der Waals surface area contributed by atoms with Gasteiger partial charge in [-0.3, -0.25) is 4.99 Å². The average molecular weight is 457 g/mol. The first-order chi connectivity index (χ1) is 11.5. The van der Waals surface area contributed by atoms with E-state index in [1.165, 1.54) is 12.7 Å². The van der Waals surface area contributed by atoms with E-state index in [-0.39, 0.29) is 30.0 Å². The summed E-state index contributed by atoms with van der Waals surface area (Å²) in [7, 11) is 3.06. The number of carbonyl (C=O) groups is 1. The largest absolute Gasteiger partial charge is 0.465 e. The second-order valence-corrected chi connectivity index (χ2v) is 5.38. The van der Waals surface area contributed by atoms with E-state index in [1.807, 2.05) is 18.2 Å². The number of rotatable bonds is 5. The van der Waals surface area contributed by atoms with Gasteiger partial charge in [-0.2, -0.15) is 0 Å². The van der Waals surface area contributed by atoms with Crippen LogP contribution in [-0.4, -0.2) is 26.1 Å². The normalized spacial score (nSPS) is 12.1. The van der Waals surface area contributed by atoms with Crippen molar-refractivity contribution in [2.24, 2.45) is 4.99 Å². The van der Waals surface area contributed by atoms with Crippen molar-refractivity contribution in [1.29, 1.82) is 0 Å². The molecule has 0 fully saturated rings. The molecule has 0 radical (unpaired) electrons. The molecule has 2 N–H and O–H groups in total. The van der Waals surface area contributed by atoms with Gasteiger partial charge in [0.05, 0.1) is 19.7 Å². The minimum atomic E-state index is -0.400. The molecule has 1 atom stereocenters. The Kier molecular flexibility index (Phi) is 8.47. The Labute approximate surface area is 165 Å². The quantitative estimate of drug-likeness (QED) is 0.312. The van der Waals surface area contributed by atoms with Gasteiger partial charge in [0.25, 0.3) is 0 Å².